The highest BCUT2D eigenvalue weighted by molar-refractivity contribution is 7.80. The summed E-state index contributed by atoms with van der Waals surface area (Å²) >= 11 is 4.49. The molecule has 0 N–H and O–H groups in total. The molecule has 3 unspecified atom stereocenters. The van der Waals surface area contributed by atoms with E-state index in [4.69, 9.17) is 0 Å². The highest BCUT2D eigenvalue weighted by Gasteiger charge is 2.13. The summed E-state index contributed by atoms with van der Waals surface area (Å²) in [7, 11) is 0. The van der Waals surface area contributed by atoms with Gasteiger partial charge >= 0.3 is 0 Å². The molecule has 0 amide bonds. The highest BCUT2D eigenvalue weighted by Crippen LogP contribution is 2.26. The van der Waals surface area contributed by atoms with E-state index in [1.54, 1.807) is 0 Å². The number of thiol groups is 1. The summed E-state index contributed by atoms with van der Waals surface area (Å²) in [6.45, 7) is 14.2. The van der Waals surface area contributed by atoms with Crippen molar-refractivity contribution in [3.63, 3.8) is 0 Å². The van der Waals surface area contributed by atoms with Crippen LogP contribution in [-0.2, 0) is 0 Å². The Morgan fingerprint density at radius 2 is 1.10 bits per heavy atom. The Morgan fingerprint density at radius 1 is 0.619 bits per heavy atom. The molecule has 21 heavy (non-hydrogen) atoms. The van der Waals surface area contributed by atoms with Crippen molar-refractivity contribution in [2.45, 2.75) is 105 Å². The predicted molar refractivity (Wildman–Crippen MR) is 102 cm³/mol. The zero-order chi connectivity index (χ0) is 16.3. The standard InChI is InChI=1S/C20H42S/c1-7-16(2)10-8-11-17(3)12-9-13-18(4)19(5)14-15-20(6)21/h16-21H,7-15H2,1-6H3/t16?,17?,18?,19-,20-/m0/s1. The van der Waals surface area contributed by atoms with E-state index in [9.17, 15) is 0 Å². The van der Waals surface area contributed by atoms with Crippen molar-refractivity contribution in [1.82, 2.24) is 0 Å². The lowest BCUT2D eigenvalue weighted by atomic mass is 9.85. The lowest BCUT2D eigenvalue weighted by Crippen LogP contribution is -2.10. The van der Waals surface area contributed by atoms with Gasteiger partial charge in [-0.3, -0.25) is 0 Å². The maximum absolute atomic E-state index is 4.49. The normalized spacial score (nSPS) is 19.0. The molecule has 0 aromatic carbocycles. The van der Waals surface area contributed by atoms with Crippen molar-refractivity contribution in [3.05, 3.63) is 0 Å². The molecule has 0 aromatic rings. The van der Waals surface area contributed by atoms with Crippen LogP contribution in [0.3, 0.4) is 0 Å². The lowest BCUT2D eigenvalue weighted by molar-refractivity contribution is 0.314. The van der Waals surface area contributed by atoms with E-state index < -0.39 is 0 Å². The zero-order valence-electron chi connectivity index (χ0n) is 15.7. The van der Waals surface area contributed by atoms with E-state index in [0.717, 1.165) is 23.7 Å². The van der Waals surface area contributed by atoms with Gasteiger partial charge in [0.25, 0.3) is 0 Å². The first kappa shape index (κ1) is 21.4. The molecule has 0 aromatic heterocycles. The monoisotopic (exact) mass is 314 g/mol. The Kier molecular flexibility index (Phi) is 13.1. The van der Waals surface area contributed by atoms with Gasteiger partial charge in [-0.25, -0.2) is 0 Å². The Bertz CT molecular complexity index is 224. The average molecular weight is 315 g/mol. The molecule has 0 aliphatic heterocycles. The minimum Gasteiger partial charge on any atom is -0.176 e. The Balaban J connectivity index is 3.62. The first-order valence-corrected chi connectivity index (χ1v) is 10.1. The smallest absolute Gasteiger partial charge is 0.00115 e. The van der Waals surface area contributed by atoms with E-state index in [2.05, 4.69) is 54.2 Å². The van der Waals surface area contributed by atoms with Gasteiger partial charge in [0.2, 0.25) is 0 Å². The van der Waals surface area contributed by atoms with Crippen LogP contribution >= 0.6 is 12.6 Å². The van der Waals surface area contributed by atoms with Gasteiger partial charge in [-0.05, 0) is 41.8 Å². The van der Waals surface area contributed by atoms with E-state index in [-0.39, 0.29) is 0 Å². The third-order valence-corrected chi connectivity index (χ3v) is 5.72. The van der Waals surface area contributed by atoms with Crippen LogP contribution < -0.4 is 0 Å². The van der Waals surface area contributed by atoms with Crippen molar-refractivity contribution in [3.8, 4) is 0 Å². The second kappa shape index (κ2) is 12.9. The molecular weight excluding hydrogens is 272 g/mol. The molecule has 0 heterocycles. The summed E-state index contributed by atoms with van der Waals surface area (Å²) in [4.78, 5) is 0. The van der Waals surface area contributed by atoms with E-state index >= 15 is 0 Å². The molecule has 0 radical (unpaired) electrons. The lowest BCUT2D eigenvalue weighted by Gasteiger charge is -2.21. The molecule has 0 spiro atoms. The van der Waals surface area contributed by atoms with Crippen molar-refractivity contribution >= 4 is 12.6 Å². The van der Waals surface area contributed by atoms with Crippen LogP contribution in [0.5, 0.6) is 0 Å². The summed E-state index contributed by atoms with van der Waals surface area (Å²) in [6, 6.07) is 0. The molecular formula is C20H42S. The summed E-state index contributed by atoms with van der Waals surface area (Å²) in [5.41, 5.74) is 0. The Labute approximate surface area is 141 Å². The van der Waals surface area contributed by atoms with Crippen LogP contribution in [0.15, 0.2) is 0 Å². The molecule has 0 aliphatic rings. The van der Waals surface area contributed by atoms with Gasteiger partial charge < -0.3 is 0 Å². The van der Waals surface area contributed by atoms with Crippen molar-refractivity contribution < 1.29 is 0 Å². The Morgan fingerprint density at radius 3 is 1.62 bits per heavy atom. The quantitative estimate of drug-likeness (QED) is 0.337. The molecule has 0 bridgehead atoms. The second-order valence-electron chi connectivity index (χ2n) is 7.86. The maximum Gasteiger partial charge on any atom is -0.00115 e. The number of hydrogen-bond acceptors (Lipinski definition) is 1. The van der Waals surface area contributed by atoms with E-state index in [1.807, 2.05) is 0 Å². The van der Waals surface area contributed by atoms with Crippen molar-refractivity contribution in [2.75, 3.05) is 0 Å². The topological polar surface area (TPSA) is 0 Å². The first-order chi connectivity index (χ1) is 9.86. The molecule has 0 rings (SSSR count). The average Bonchev–Trinajstić information content (AvgIpc) is 2.44. The van der Waals surface area contributed by atoms with Gasteiger partial charge in [0.1, 0.15) is 0 Å². The van der Waals surface area contributed by atoms with Crippen LogP contribution in [0.4, 0.5) is 0 Å². The largest absolute Gasteiger partial charge is 0.176 e. The van der Waals surface area contributed by atoms with Crippen molar-refractivity contribution in [2.24, 2.45) is 23.7 Å². The summed E-state index contributed by atoms with van der Waals surface area (Å²) in [5.74, 6) is 3.59. The molecule has 0 fully saturated rings. The highest BCUT2D eigenvalue weighted by atomic mass is 32.1. The molecule has 0 aliphatic carbocycles. The molecule has 128 valence electrons. The third kappa shape index (κ3) is 12.6. The van der Waals surface area contributed by atoms with Crippen LogP contribution in [-0.4, -0.2) is 5.25 Å². The SMILES string of the molecule is CCC(C)CCCC(C)CCCC(C)[C@@H](C)CC[C@H](C)S. The second-order valence-corrected chi connectivity index (χ2v) is 8.74. The predicted octanol–water partition coefficient (Wildman–Crippen LogP) is 7.38. The zero-order valence-corrected chi connectivity index (χ0v) is 16.6. The van der Waals surface area contributed by atoms with Crippen LogP contribution in [0, 0.1) is 23.7 Å². The van der Waals surface area contributed by atoms with Gasteiger partial charge in [-0.15, -0.1) is 0 Å². The van der Waals surface area contributed by atoms with Crippen LogP contribution in [0.25, 0.3) is 0 Å². The van der Waals surface area contributed by atoms with E-state index in [0.29, 0.717) is 5.25 Å². The van der Waals surface area contributed by atoms with Gasteiger partial charge in [0.15, 0.2) is 0 Å². The van der Waals surface area contributed by atoms with Gasteiger partial charge in [-0.2, -0.15) is 12.6 Å². The summed E-state index contributed by atoms with van der Waals surface area (Å²) in [6.07, 6.45) is 12.5. The Hall–Kier alpha value is 0.350. The maximum atomic E-state index is 4.49. The van der Waals surface area contributed by atoms with Gasteiger partial charge in [0.05, 0.1) is 0 Å². The van der Waals surface area contributed by atoms with Gasteiger partial charge in [-0.1, -0.05) is 86.5 Å². The minimum atomic E-state index is 0.560. The molecule has 0 saturated carbocycles. The molecule has 0 nitrogen and oxygen atoms in total. The minimum absolute atomic E-state index is 0.560. The summed E-state index contributed by atoms with van der Waals surface area (Å²) < 4.78 is 0. The first-order valence-electron chi connectivity index (χ1n) is 9.54. The fraction of sp³-hybridized carbons (Fsp3) is 1.00. The fourth-order valence-corrected chi connectivity index (χ4v) is 3.17. The van der Waals surface area contributed by atoms with Crippen LogP contribution in [0.1, 0.15) is 99.3 Å². The molecule has 5 atom stereocenters. The third-order valence-electron chi connectivity index (χ3n) is 5.46. The summed E-state index contributed by atoms with van der Waals surface area (Å²) in [5, 5.41) is 0.560. The van der Waals surface area contributed by atoms with Crippen LogP contribution in [0.2, 0.25) is 0 Å². The fourth-order valence-electron chi connectivity index (χ4n) is 3.02. The van der Waals surface area contributed by atoms with E-state index in [1.165, 1.54) is 57.8 Å². The molecule has 0 saturated heterocycles. The molecule has 1 heteroatoms. The number of rotatable bonds is 13. The number of hydrogen-bond donors (Lipinski definition) is 1. The van der Waals surface area contributed by atoms with Crippen molar-refractivity contribution in [1.29, 1.82) is 0 Å². The van der Waals surface area contributed by atoms with Gasteiger partial charge in [0, 0.05) is 0 Å².